The van der Waals surface area contributed by atoms with Gasteiger partial charge in [-0.2, -0.15) is 0 Å². The van der Waals surface area contributed by atoms with Gasteiger partial charge < -0.3 is 15.5 Å². The van der Waals surface area contributed by atoms with E-state index in [0.717, 1.165) is 51.4 Å². The minimum absolute atomic E-state index is 0.244. The Morgan fingerprint density at radius 1 is 1.18 bits per heavy atom. The van der Waals surface area contributed by atoms with Crippen LogP contribution in [0.2, 0.25) is 0 Å². The van der Waals surface area contributed by atoms with E-state index in [4.69, 9.17) is 4.99 Å². The number of nitrogens with zero attached hydrogens (tertiary/aromatic N) is 2. The number of sulfone groups is 1. The first-order chi connectivity index (χ1) is 13.2. The number of hydrogen-bond acceptors (Lipinski definition) is 4. The quantitative estimate of drug-likeness (QED) is 0.508. The fraction of sp³-hybridized carbons (Fsp3) is 0.667. The number of benzene rings is 1. The van der Waals surface area contributed by atoms with Crippen molar-refractivity contribution in [1.82, 2.24) is 15.5 Å². The van der Waals surface area contributed by atoms with Crippen molar-refractivity contribution in [2.45, 2.75) is 46.1 Å². The number of nitrogens with one attached hydrogen (secondary N) is 2. The Hall–Kier alpha value is -1.60. The highest BCUT2D eigenvalue weighted by Crippen LogP contribution is 2.11. The van der Waals surface area contributed by atoms with Crippen LogP contribution in [-0.4, -0.2) is 70.1 Å². The predicted molar refractivity (Wildman–Crippen MR) is 118 cm³/mol. The third-order valence-electron chi connectivity index (χ3n) is 5.00. The number of piperidine rings is 1. The molecule has 0 spiro atoms. The summed E-state index contributed by atoms with van der Waals surface area (Å²) in [6.07, 6.45) is 4.25. The van der Waals surface area contributed by atoms with Crippen LogP contribution in [0.25, 0.3) is 0 Å². The predicted octanol–water partition coefficient (Wildman–Crippen LogP) is 1.91. The molecule has 7 heteroatoms. The van der Waals surface area contributed by atoms with Crippen LogP contribution in [0.15, 0.2) is 23.2 Å². The third kappa shape index (κ3) is 8.61. The van der Waals surface area contributed by atoms with Crippen molar-refractivity contribution in [1.29, 1.82) is 0 Å². The molecule has 1 aliphatic heterocycles. The Morgan fingerprint density at radius 3 is 2.39 bits per heavy atom. The molecule has 6 nitrogen and oxygen atoms in total. The van der Waals surface area contributed by atoms with Crippen LogP contribution in [-0.2, 0) is 16.3 Å². The maximum absolute atomic E-state index is 11.3. The molecule has 0 aromatic heterocycles. The van der Waals surface area contributed by atoms with Crippen LogP contribution < -0.4 is 10.6 Å². The minimum Gasteiger partial charge on any atom is -0.357 e. The lowest BCUT2D eigenvalue weighted by Crippen LogP contribution is -2.49. The molecule has 2 N–H and O–H groups in total. The van der Waals surface area contributed by atoms with E-state index in [2.05, 4.69) is 54.5 Å². The molecular formula is C21H36N4O2S. The Morgan fingerprint density at radius 2 is 1.82 bits per heavy atom. The van der Waals surface area contributed by atoms with Crippen LogP contribution >= 0.6 is 0 Å². The van der Waals surface area contributed by atoms with Gasteiger partial charge in [0, 0.05) is 45.0 Å². The Balaban J connectivity index is 1.81. The number of rotatable bonds is 8. The molecule has 1 aromatic carbocycles. The van der Waals surface area contributed by atoms with Gasteiger partial charge in [0.25, 0.3) is 0 Å². The van der Waals surface area contributed by atoms with Crippen LogP contribution in [0.4, 0.5) is 0 Å². The summed E-state index contributed by atoms with van der Waals surface area (Å²) in [6, 6.07) is 7.04. The van der Waals surface area contributed by atoms with Crippen LogP contribution in [0.3, 0.4) is 0 Å². The highest BCUT2D eigenvalue weighted by Gasteiger charge is 2.20. The summed E-state index contributed by atoms with van der Waals surface area (Å²) >= 11 is 0. The topological polar surface area (TPSA) is 73.8 Å². The number of likely N-dealkylation sites (tertiary alicyclic amines) is 1. The molecule has 0 saturated carbocycles. The molecule has 1 fully saturated rings. The average Bonchev–Trinajstić information content (AvgIpc) is 2.60. The summed E-state index contributed by atoms with van der Waals surface area (Å²) in [5.41, 5.74) is 3.93. The van der Waals surface area contributed by atoms with Gasteiger partial charge in [-0.3, -0.25) is 4.99 Å². The van der Waals surface area contributed by atoms with Gasteiger partial charge in [-0.25, -0.2) is 8.42 Å². The van der Waals surface area contributed by atoms with Gasteiger partial charge in [-0.15, -0.1) is 0 Å². The molecule has 2 rings (SSSR count). The number of hydrogen-bond donors (Lipinski definition) is 2. The molecule has 0 radical (unpaired) electrons. The summed E-state index contributed by atoms with van der Waals surface area (Å²) in [7, 11) is -2.89. The van der Waals surface area contributed by atoms with E-state index in [9.17, 15) is 8.42 Å². The highest BCUT2D eigenvalue weighted by atomic mass is 32.2. The van der Waals surface area contributed by atoms with Gasteiger partial charge in [-0.1, -0.05) is 29.3 Å². The first kappa shape index (κ1) is 22.7. The third-order valence-corrected chi connectivity index (χ3v) is 5.93. The molecule has 1 aromatic rings. The van der Waals surface area contributed by atoms with E-state index >= 15 is 0 Å². The molecule has 1 aliphatic rings. The monoisotopic (exact) mass is 408 g/mol. The normalized spacial score (nSPS) is 16.9. The van der Waals surface area contributed by atoms with Crippen molar-refractivity contribution in [2.24, 2.45) is 4.99 Å². The molecule has 1 heterocycles. The Labute approximate surface area is 170 Å². The lowest BCUT2D eigenvalue weighted by Gasteiger charge is -2.32. The fourth-order valence-corrected chi connectivity index (χ4v) is 4.21. The highest BCUT2D eigenvalue weighted by molar-refractivity contribution is 7.90. The smallest absolute Gasteiger partial charge is 0.191 e. The molecule has 0 atom stereocenters. The molecule has 0 bridgehead atoms. The summed E-state index contributed by atoms with van der Waals surface area (Å²) < 4.78 is 22.7. The van der Waals surface area contributed by atoms with E-state index in [1.165, 1.54) is 22.9 Å². The minimum atomic E-state index is -2.89. The largest absolute Gasteiger partial charge is 0.357 e. The molecule has 28 heavy (non-hydrogen) atoms. The fourth-order valence-electron chi connectivity index (χ4n) is 3.62. The molecule has 1 saturated heterocycles. The summed E-state index contributed by atoms with van der Waals surface area (Å²) in [5.74, 6) is 1.12. The SMILES string of the molecule is CCNC(=NCCc1cc(C)cc(C)c1)NC1CCN(CCS(C)(=O)=O)CC1. The first-order valence-corrected chi connectivity index (χ1v) is 12.3. The summed E-state index contributed by atoms with van der Waals surface area (Å²) in [4.78, 5) is 6.99. The number of aryl methyl sites for hydroxylation is 2. The van der Waals surface area contributed by atoms with Crippen LogP contribution in [0, 0.1) is 13.8 Å². The van der Waals surface area contributed by atoms with Gasteiger partial charge in [0.15, 0.2) is 5.96 Å². The summed E-state index contributed by atoms with van der Waals surface area (Å²) in [6.45, 7) is 10.4. The van der Waals surface area contributed by atoms with Crippen LogP contribution in [0.1, 0.15) is 36.5 Å². The van der Waals surface area contributed by atoms with E-state index in [1.54, 1.807) is 0 Å². The maximum Gasteiger partial charge on any atom is 0.191 e. The van der Waals surface area contributed by atoms with Crippen molar-refractivity contribution < 1.29 is 8.42 Å². The molecule has 158 valence electrons. The second kappa shape index (κ2) is 10.8. The first-order valence-electron chi connectivity index (χ1n) is 10.3. The zero-order valence-electron chi connectivity index (χ0n) is 17.8. The molecule has 0 aliphatic carbocycles. The van der Waals surface area contributed by atoms with Crippen molar-refractivity contribution in [2.75, 3.05) is 44.7 Å². The van der Waals surface area contributed by atoms with E-state index < -0.39 is 9.84 Å². The van der Waals surface area contributed by atoms with E-state index in [0.29, 0.717) is 12.6 Å². The molecule has 0 unspecified atom stereocenters. The van der Waals surface area contributed by atoms with E-state index in [1.807, 2.05) is 0 Å². The van der Waals surface area contributed by atoms with Gasteiger partial charge >= 0.3 is 0 Å². The zero-order chi connectivity index (χ0) is 20.6. The Bertz CT molecular complexity index is 733. The average molecular weight is 409 g/mol. The standard InChI is InChI=1S/C21H36N4O2S/c1-5-22-21(23-9-6-19-15-17(2)14-18(3)16-19)24-20-7-10-25(11-8-20)12-13-28(4,26)27/h14-16,20H,5-13H2,1-4H3,(H2,22,23,24). The van der Waals surface area contributed by atoms with Crippen molar-refractivity contribution in [3.05, 3.63) is 34.9 Å². The Kier molecular flexibility index (Phi) is 8.76. The molecular weight excluding hydrogens is 372 g/mol. The van der Waals surface area contributed by atoms with E-state index in [-0.39, 0.29) is 5.75 Å². The number of aliphatic imine (C=N–C) groups is 1. The van der Waals surface area contributed by atoms with Gasteiger partial charge in [0.1, 0.15) is 9.84 Å². The van der Waals surface area contributed by atoms with Gasteiger partial charge in [0.2, 0.25) is 0 Å². The maximum atomic E-state index is 11.3. The lowest BCUT2D eigenvalue weighted by molar-refractivity contribution is 0.216. The van der Waals surface area contributed by atoms with Gasteiger partial charge in [-0.05, 0) is 45.6 Å². The second-order valence-corrected chi connectivity index (χ2v) is 10.2. The van der Waals surface area contributed by atoms with Crippen LogP contribution in [0.5, 0.6) is 0 Å². The lowest BCUT2D eigenvalue weighted by atomic mass is 10.1. The molecule has 0 amide bonds. The summed E-state index contributed by atoms with van der Waals surface area (Å²) in [5, 5.41) is 6.89. The van der Waals surface area contributed by atoms with Crippen molar-refractivity contribution >= 4 is 15.8 Å². The zero-order valence-corrected chi connectivity index (χ0v) is 18.6. The number of guanidine groups is 1. The second-order valence-electron chi connectivity index (χ2n) is 7.90. The van der Waals surface area contributed by atoms with Crippen molar-refractivity contribution in [3.8, 4) is 0 Å². The van der Waals surface area contributed by atoms with Crippen molar-refractivity contribution in [3.63, 3.8) is 0 Å². The van der Waals surface area contributed by atoms with Gasteiger partial charge in [0.05, 0.1) is 5.75 Å².